The minimum Gasteiger partial charge on any atom is -0.461 e. The van der Waals surface area contributed by atoms with Crippen molar-refractivity contribution < 1.29 is 13.7 Å². The van der Waals surface area contributed by atoms with E-state index in [1.54, 1.807) is 36.6 Å². The van der Waals surface area contributed by atoms with Crippen LogP contribution in [0.2, 0.25) is 0 Å². The highest BCUT2D eigenvalue weighted by Crippen LogP contribution is 2.20. The summed E-state index contributed by atoms with van der Waals surface area (Å²) in [6, 6.07) is 14.6. The molecule has 27 heavy (non-hydrogen) atoms. The molecule has 0 atom stereocenters. The molecule has 3 aromatic heterocycles. The first-order chi connectivity index (χ1) is 13.1. The number of aryl methyl sites for hydroxylation is 2. The van der Waals surface area contributed by atoms with E-state index in [0.29, 0.717) is 22.8 Å². The molecule has 3 heterocycles. The van der Waals surface area contributed by atoms with Gasteiger partial charge in [0, 0.05) is 17.3 Å². The molecule has 0 bridgehead atoms. The molecule has 0 saturated carbocycles. The Morgan fingerprint density at radius 1 is 1.11 bits per heavy atom. The van der Waals surface area contributed by atoms with Crippen LogP contribution in [-0.4, -0.2) is 20.8 Å². The zero-order valence-corrected chi connectivity index (χ0v) is 15.0. The zero-order valence-electron chi connectivity index (χ0n) is 15.0. The van der Waals surface area contributed by atoms with Crippen LogP contribution < -0.4 is 5.32 Å². The molecule has 7 heteroatoms. The molecule has 4 rings (SSSR count). The largest absolute Gasteiger partial charge is 0.461 e. The predicted molar refractivity (Wildman–Crippen MR) is 98.4 cm³/mol. The van der Waals surface area contributed by atoms with E-state index in [4.69, 9.17) is 8.94 Å². The highest BCUT2D eigenvalue weighted by atomic mass is 16.5. The van der Waals surface area contributed by atoms with E-state index in [1.807, 2.05) is 36.7 Å². The van der Waals surface area contributed by atoms with Crippen LogP contribution in [0.1, 0.15) is 27.4 Å². The number of carbonyl (C=O) groups is 1. The van der Waals surface area contributed by atoms with Gasteiger partial charge in [0.1, 0.15) is 5.69 Å². The Morgan fingerprint density at radius 3 is 2.59 bits per heavy atom. The minimum absolute atomic E-state index is 0.183. The zero-order chi connectivity index (χ0) is 18.8. The predicted octanol–water partition coefficient (Wildman–Crippen LogP) is 3.67. The molecule has 136 valence electrons. The molecule has 1 aromatic carbocycles. The molecule has 0 radical (unpaired) electrons. The van der Waals surface area contributed by atoms with Crippen LogP contribution in [-0.2, 0) is 6.54 Å². The van der Waals surface area contributed by atoms with Crippen LogP contribution in [0.25, 0.3) is 17.2 Å². The Kier molecular flexibility index (Phi) is 4.33. The molecule has 1 N–H and O–H groups in total. The van der Waals surface area contributed by atoms with Gasteiger partial charge in [-0.25, -0.2) is 4.68 Å². The van der Waals surface area contributed by atoms with E-state index >= 15 is 0 Å². The van der Waals surface area contributed by atoms with E-state index in [0.717, 1.165) is 17.1 Å². The van der Waals surface area contributed by atoms with E-state index in [-0.39, 0.29) is 12.5 Å². The normalized spacial score (nSPS) is 10.9. The molecular weight excluding hydrogens is 344 g/mol. The highest BCUT2D eigenvalue weighted by molar-refractivity contribution is 5.94. The Balaban J connectivity index is 1.40. The van der Waals surface area contributed by atoms with E-state index in [9.17, 15) is 4.79 Å². The number of hydrogen-bond acceptors (Lipinski definition) is 5. The number of hydrogen-bond donors (Lipinski definition) is 1. The van der Waals surface area contributed by atoms with Gasteiger partial charge < -0.3 is 14.3 Å². The van der Waals surface area contributed by atoms with Gasteiger partial charge in [0.2, 0.25) is 5.76 Å². The first-order valence-electron chi connectivity index (χ1n) is 8.51. The monoisotopic (exact) mass is 362 g/mol. The summed E-state index contributed by atoms with van der Waals surface area (Å²) >= 11 is 0. The van der Waals surface area contributed by atoms with Crippen molar-refractivity contribution in [1.29, 1.82) is 0 Å². The van der Waals surface area contributed by atoms with Crippen molar-refractivity contribution in [2.75, 3.05) is 0 Å². The maximum Gasteiger partial charge on any atom is 0.251 e. The summed E-state index contributed by atoms with van der Waals surface area (Å²) in [4.78, 5) is 12.4. The lowest BCUT2D eigenvalue weighted by atomic mass is 10.2. The van der Waals surface area contributed by atoms with E-state index < -0.39 is 0 Å². The molecule has 4 aromatic rings. The first kappa shape index (κ1) is 16.8. The number of furan rings is 1. The molecule has 0 aliphatic rings. The maximum atomic E-state index is 12.4. The number of amides is 1. The van der Waals surface area contributed by atoms with Crippen molar-refractivity contribution in [3.8, 4) is 17.2 Å². The van der Waals surface area contributed by atoms with Crippen LogP contribution >= 0.6 is 0 Å². The van der Waals surface area contributed by atoms with Gasteiger partial charge in [-0.3, -0.25) is 4.79 Å². The van der Waals surface area contributed by atoms with Gasteiger partial charge >= 0.3 is 0 Å². The third-order valence-electron chi connectivity index (χ3n) is 4.14. The summed E-state index contributed by atoms with van der Waals surface area (Å²) in [5.41, 5.74) is 4.10. The van der Waals surface area contributed by atoms with Gasteiger partial charge in [-0.15, -0.1) is 0 Å². The number of benzene rings is 1. The Labute approximate surface area is 155 Å². The van der Waals surface area contributed by atoms with Gasteiger partial charge in [-0.05, 0) is 56.3 Å². The fourth-order valence-corrected chi connectivity index (χ4v) is 2.85. The summed E-state index contributed by atoms with van der Waals surface area (Å²) in [5.74, 6) is 0.941. The fourth-order valence-electron chi connectivity index (χ4n) is 2.85. The number of aromatic nitrogens is 3. The smallest absolute Gasteiger partial charge is 0.251 e. The molecule has 7 nitrogen and oxygen atoms in total. The summed E-state index contributed by atoms with van der Waals surface area (Å²) in [6.45, 7) is 4.21. The summed E-state index contributed by atoms with van der Waals surface area (Å²) in [6.07, 6.45) is 1.56. The number of nitrogens with zero attached hydrogens (tertiary/aromatic N) is 3. The van der Waals surface area contributed by atoms with Crippen molar-refractivity contribution in [2.45, 2.75) is 20.4 Å². The van der Waals surface area contributed by atoms with Crippen LogP contribution in [0.5, 0.6) is 0 Å². The van der Waals surface area contributed by atoms with Crippen LogP contribution in [0.3, 0.4) is 0 Å². The second-order valence-electron chi connectivity index (χ2n) is 6.23. The topological polar surface area (TPSA) is 86.1 Å². The van der Waals surface area contributed by atoms with Gasteiger partial charge in [0.05, 0.1) is 24.2 Å². The molecular formula is C20H18N4O3. The first-order valence-corrected chi connectivity index (χ1v) is 8.51. The Hall–Kier alpha value is -3.61. The van der Waals surface area contributed by atoms with Crippen molar-refractivity contribution in [3.05, 3.63) is 77.4 Å². The minimum atomic E-state index is -0.183. The number of rotatable bonds is 5. The molecule has 0 fully saturated rings. The molecule has 0 spiro atoms. The second-order valence-corrected chi connectivity index (χ2v) is 6.23. The van der Waals surface area contributed by atoms with Crippen LogP contribution in [0, 0.1) is 13.8 Å². The molecule has 0 aliphatic heterocycles. The Bertz CT molecular complexity index is 1060. The van der Waals surface area contributed by atoms with Crippen LogP contribution in [0.4, 0.5) is 0 Å². The van der Waals surface area contributed by atoms with Crippen molar-refractivity contribution in [1.82, 2.24) is 20.3 Å². The second kappa shape index (κ2) is 6.95. The lowest BCUT2D eigenvalue weighted by molar-refractivity contribution is 0.0950. The molecule has 1 amide bonds. The number of carbonyl (C=O) groups excluding carboxylic acids is 1. The van der Waals surface area contributed by atoms with Gasteiger partial charge in [0.25, 0.3) is 5.91 Å². The standard InChI is InChI=1S/C20H18N4O3/c1-13-10-14(2)24(22-13)17-7-5-15(6-8-17)20(25)21-12-16-11-19(27-23-16)18-4-3-9-26-18/h3-11H,12H2,1-2H3,(H,21,25). The molecule has 0 unspecified atom stereocenters. The number of nitrogens with one attached hydrogen (secondary N) is 1. The van der Waals surface area contributed by atoms with Gasteiger partial charge in [-0.1, -0.05) is 5.16 Å². The average molecular weight is 362 g/mol. The van der Waals surface area contributed by atoms with Crippen molar-refractivity contribution in [3.63, 3.8) is 0 Å². The van der Waals surface area contributed by atoms with E-state index in [2.05, 4.69) is 15.6 Å². The lowest BCUT2D eigenvalue weighted by Crippen LogP contribution is -2.22. The quantitative estimate of drug-likeness (QED) is 0.585. The Morgan fingerprint density at radius 2 is 1.93 bits per heavy atom. The SMILES string of the molecule is Cc1cc(C)n(-c2ccc(C(=O)NCc3cc(-c4ccco4)on3)cc2)n1. The third kappa shape index (κ3) is 3.52. The van der Waals surface area contributed by atoms with Crippen molar-refractivity contribution in [2.24, 2.45) is 0 Å². The van der Waals surface area contributed by atoms with Crippen LogP contribution in [0.15, 0.2) is 63.7 Å². The molecule has 0 aliphatic carbocycles. The lowest BCUT2D eigenvalue weighted by Gasteiger charge is -2.06. The van der Waals surface area contributed by atoms with E-state index in [1.165, 1.54) is 0 Å². The molecule has 0 saturated heterocycles. The van der Waals surface area contributed by atoms with Gasteiger partial charge in [0.15, 0.2) is 5.76 Å². The summed E-state index contributed by atoms with van der Waals surface area (Å²) in [5, 5.41) is 11.2. The summed E-state index contributed by atoms with van der Waals surface area (Å²) < 4.78 is 12.3. The van der Waals surface area contributed by atoms with Crippen molar-refractivity contribution >= 4 is 5.91 Å². The highest BCUT2D eigenvalue weighted by Gasteiger charge is 2.11. The maximum absolute atomic E-state index is 12.4. The third-order valence-corrected chi connectivity index (χ3v) is 4.14. The van der Waals surface area contributed by atoms with Gasteiger partial charge in [-0.2, -0.15) is 5.10 Å². The fraction of sp³-hybridized carbons (Fsp3) is 0.150. The summed E-state index contributed by atoms with van der Waals surface area (Å²) in [7, 11) is 0. The average Bonchev–Trinajstić information content (AvgIpc) is 3.40.